The zero-order valence-electron chi connectivity index (χ0n) is 10.6. The highest BCUT2D eigenvalue weighted by molar-refractivity contribution is 5.77. The summed E-state index contributed by atoms with van der Waals surface area (Å²) >= 11 is 0. The summed E-state index contributed by atoms with van der Waals surface area (Å²) in [6.45, 7) is 3.51. The Kier molecular flexibility index (Phi) is 4.73. The quantitative estimate of drug-likeness (QED) is 0.629. The molecule has 0 aliphatic carbocycles. The predicted octanol–water partition coefficient (Wildman–Crippen LogP) is 1.78. The first kappa shape index (κ1) is 13.1. The summed E-state index contributed by atoms with van der Waals surface area (Å²) in [4.78, 5) is 2.38. The molecule has 0 aromatic heterocycles. The highest BCUT2D eigenvalue weighted by atomic mass is 16.5. The number of nitrogens with one attached hydrogen (secondary N) is 1. The van der Waals surface area contributed by atoms with Gasteiger partial charge in [0.1, 0.15) is 0 Å². The van der Waals surface area contributed by atoms with Crippen LogP contribution in [0.4, 0.5) is 0 Å². The van der Waals surface area contributed by atoms with Crippen molar-refractivity contribution in [3.63, 3.8) is 0 Å². The van der Waals surface area contributed by atoms with E-state index in [1.165, 1.54) is 5.56 Å². The minimum atomic E-state index is 0.199. The van der Waals surface area contributed by atoms with Crippen LogP contribution in [0.2, 0.25) is 0 Å². The molecule has 18 heavy (non-hydrogen) atoms. The molecule has 2 rings (SSSR count). The monoisotopic (exact) mass is 247 g/mol. The van der Waals surface area contributed by atoms with Crippen molar-refractivity contribution >= 4 is 5.84 Å². The maximum Gasteiger partial charge on any atom is 0.0924 e. The Hall–Kier alpha value is -1.39. The third-order valence-corrected chi connectivity index (χ3v) is 3.30. The first-order valence-corrected chi connectivity index (χ1v) is 6.47. The molecule has 1 atom stereocenters. The average Bonchev–Trinajstić information content (AvgIpc) is 2.65. The SMILES string of the molecule is N=C(N)CC(c1ccccc1)N1CCCOCC1. The van der Waals surface area contributed by atoms with Gasteiger partial charge in [-0.05, 0) is 12.0 Å². The number of nitrogens with zero attached hydrogens (tertiary/aromatic N) is 1. The molecule has 0 bridgehead atoms. The second-order valence-corrected chi connectivity index (χ2v) is 4.66. The van der Waals surface area contributed by atoms with Gasteiger partial charge in [0.25, 0.3) is 0 Å². The molecule has 0 radical (unpaired) electrons. The van der Waals surface area contributed by atoms with Crippen molar-refractivity contribution in [2.24, 2.45) is 5.73 Å². The van der Waals surface area contributed by atoms with E-state index in [4.69, 9.17) is 15.9 Å². The lowest BCUT2D eigenvalue weighted by Gasteiger charge is -2.30. The van der Waals surface area contributed by atoms with Crippen molar-refractivity contribution in [3.8, 4) is 0 Å². The van der Waals surface area contributed by atoms with Crippen LogP contribution in [0.5, 0.6) is 0 Å². The van der Waals surface area contributed by atoms with Gasteiger partial charge in [0.15, 0.2) is 0 Å². The van der Waals surface area contributed by atoms with Gasteiger partial charge in [-0.1, -0.05) is 30.3 Å². The fourth-order valence-corrected chi connectivity index (χ4v) is 2.42. The molecule has 1 heterocycles. The Balaban J connectivity index is 2.15. The Bertz CT molecular complexity index is 372. The first-order chi connectivity index (χ1) is 8.77. The van der Waals surface area contributed by atoms with Gasteiger partial charge in [0.2, 0.25) is 0 Å². The average molecular weight is 247 g/mol. The molecule has 1 aromatic carbocycles. The number of hydrogen-bond donors (Lipinski definition) is 2. The molecule has 0 saturated carbocycles. The zero-order valence-corrected chi connectivity index (χ0v) is 10.6. The van der Waals surface area contributed by atoms with Crippen molar-refractivity contribution in [1.29, 1.82) is 5.41 Å². The summed E-state index contributed by atoms with van der Waals surface area (Å²) in [6.07, 6.45) is 1.63. The van der Waals surface area contributed by atoms with Gasteiger partial charge in [-0.2, -0.15) is 0 Å². The van der Waals surface area contributed by atoms with Crippen LogP contribution >= 0.6 is 0 Å². The molecule has 98 valence electrons. The van der Waals surface area contributed by atoms with Crippen LogP contribution in [0, 0.1) is 5.41 Å². The van der Waals surface area contributed by atoms with Crippen molar-refractivity contribution in [3.05, 3.63) is 35.9 Å². The number of rotatable bonds is 4. The van der Waals surface area contributed by atoms with Crippen LogP contribution in [0.15, 0.2) is 30.3 Å². The van der Waals surface area contributed by atoms with E-state index in [1.54, 1.807) is 0 Å². The van der Waals surface area contributed by atoms with Crippen LogP contribution in [0.3, 0.4) is 0 Å². The van der Waals surface area contributed by atoms with E-state index in [0.29, 0.717) is 6.42 Å². The standard InChI is InChI=1S/C14H21N3O/c15-14(16)11-13(12-5-2-1-3-6-12)17-7-4-9-18-10-8-17/h1-3,5-6,13H,4,7-11H2,(H3,15,16). The van der Waals surface area contributed by atoms with Crippen LogP contribution in [-0.4, -0.2) is 37.0 Å². The summed E-state index contributed by atoms with van der Waals surface area (Å²) in [5.74, 6) is 0.244. The van der Waals surface area contributed by atoms with E-state index in [-0.39, 0.29) is 11.9 Å². The predicted molar refractivity (Wildman–Crippen MR) is 72.7 cm³/mol. The van der Waals surface area contributed by atoms with Crippen molar-refractivity contribution in [2.45, 2.75) is 18.9 Å². The van der Waals surface area contributed by atoms with Gasteiger partial charge in [-0.3, -0.25) is 10.3 Å². The second kappa shape index (κ2) is 6.52. The molecule has 1 aliphatic heterocycles. The van der Waals surface area contributed by atoms with Gasteiger partial charge < -0.3 is 10.5 Å². The van der Waals surface area contributed by atoms with Gasteiger partial charge in [0, 0.05) is 32.2 Å². The summed E-state index contributed by atoms with van der Waals surface area (Å²) in [5, 5.41) is 7.57. The minimum Gasteiger partial charge on any atom is -0.388 e. The molecule has 1 aliphatic rings. The molecule has 4 heteroatoms. The topological polar surface area (TPSA) is 62.3 Å². The van der Waals surface area contributed by atoms with Crippen molar-refractivity contribution in [2.75, 3.05) is 26.3 Å². The largest absolute Gasteiger partial charge is 0.388 e. The third kappa shape index (κ3) is 3.55. The Morgan fingerprint density at radius 3 is 2.78 bits per heavy atom. The minimum absolute atomic E-state index is 0.199. The molecular formula is C14H21N3O. The lowest BCUT2D eigenvalue weighted by atomic mass is 10.0. The zero-order chi connectivity index (χ0) is 12.8. The smallest absolute Gasteiger partial charge is 0.0924 e. The van der Waals surface area contributed by atoms with E-state index in [0.717, 1.165) is 32.7 Å². The van der Waals surface area contributed by atoms with E-state index >= 15 is 0 Å². The lowest BCUT2D eigenvalue weighted by molar-refractivity contribution is 0.132. The normalized spacial score (nSPS) is 19.1. The molecule has 0 spiro atoms. The summed E-state index contributed by atoms with van der Waals surface area (Å²) in [7, 11) is 0. The molecule has 1 fully saturated rings. The van der Waals surface area contributed by atoms with Gasteiger partial charge in [-0.25, -0.2) is 0 Å². The number of amidine groups is 1. The van der Waals surface area contributed by atoms with E-state index in [1.807, 2.05) is 18.2 Å². The maximum atomic E-state index is 7.57. The fraction of sp³-hybridized carbons (Fsp3) is 0.500. The second-order valence-electron chi connectivity index (χ2n) is 4.66. The molecule has 1 unspecified atom stereocenters. The molecule has 4 nitrogen and oxygen atoms in total. The molecular weight excluding hydrogens is 226 g/mol. The van der Waals surface area contributed by atoms with E-state index in [9.17, 15) is 0 Å². The molecule has 1 aromatic rings. The maximum absolute atomic E-state index is 7.57. The first-order valence-electron chi connectivity index (χ1n) is 6.47. The summed E-state index contributed by atoms with van der Waals surface area (Å²) in [6, 6.07) is 10.5. The Labute approximate surface area is 108 Å². The van der Waals surface area contributed by atoms with Crippen LogP contribution in [0.25, 0.3) is 0 Å². The van der Waals surface area contributed by atoms with Crippen LogP contribution in [-0.2, 0) is 4.74 Å². The van der Waals surface area contributed by atoms with E-state index in [2.05, 4.69) is 17.0 Å². The van der Waals surface area contributed by atoms with Crippen LogP contribution < -0.4 is 5.73 Å². The fourth-order valence-electron chi connectivity index (χ4n) is 2.42. The molecule has 0 amide bonds. The van der Waals surface area contributed by atoms with Crippen LogP contribution in [0.1, 0.15) is 24.4 Å². The van der Waals surface area contributed by atoms with Gasteiger partial charge >= 0.3 is 0 Å². The van der Waals surface area contributed by atoms with Crippen molar-refractivity contribution < 1.29 is 4.74 Å². The molecule has 3 N–H and O–H groups in total. The molecule has 1 saturated heterocycles. The summed E-state index contributed by atoms with van der Waals surface area (Å²) in [5.41, 5.74) is 6.83. The highest BCUT2D eigenvalue weighted by Crippen LogP contribution is 2.24. The third-order valence-electron chi connectivity index (χ3n) is 3.30. The number of benzene rings is 1. The van der Waals surface area contributed by atoms with Gasteiger partial charge in [0.05, 0.1) is 12.4 Å². The van der Waals surface area contributed by atoms with Gasteiger partial charge in [-0.15, -0.1) is 0 Å². The van der Waals surface area contributed by atoms with Crippen molar-refractivity contribution in [1.82, 2.24) is 4.90 Å². The number of ether oxygens (including phenoxy) is 1. The Morgan fingerprint density at radius 2 is 2.06 bits per heavy atom. The number of hydrogen-bond acceptors (Lipinski definition) is 3. The number of nitrogens with two attached hydrogens (primary N) is 1. The summed E-state index contributed by atoms with van der Waals surface area (Å²) < 4.78 is 5.49. The van der Waals surface area contributed by atoms with E-state index < -0.39 is 0 Å². The Morgan fingerprint density at radius 1 is 1.28 bits per heavy atom. The lowest BCUT2D eigenvalue weighted by Crippen LogP contribution is -2.33. The highest BCUT2D eigenvalue weighted by Gasteiger charge is 2.22.